The molecule has 8 nitrogen and oxygen atoms in total. The molecule has 0 aliphatic carbocycles. The van der Waals surface area contributed by atoms with Gasteiger partial charge in [0.25, 0.3) is 0 Å². The van der Waals surface area contributed by atoms with Crippen LogP contribution in [-0.4, -0.2) is 14.2 Å². The molecule has 0 N–H and O–H groups in total. The van der Waals surface area contributed by atoms with Crippen molar-refractivity contribution in [3.63, 3.8) is 0 Å². The maximum absolute atomic E-state index is 7.50. The van der Waals surface area contributed by atoms with E-state index in [-0.39, 0.29) is 10.8 Å². The molecular formula is C60H74O8P2. The lowest BCUT2D eigenvalue weighted by Gasteiger charge is -2.29. The number of fused-ring (bicyclic) bond motifs is 3. The number of hydrogen-bond donors (Lipinski definition) is 0. The third-order valence-electron chi connectivity index (χ3n) is 12.5. The maximum Gasteiger partial charge on any atom is 0.530 e. The van der Waals surface area contributed by atoms with Crippen molar-refractivity contribution in [2.24, 2.45) is 0 Å². The summed E-state index contributed by atoms with van der Waals surface area (Å²) in [5, 5.41) is 1.96. The smallest absolute Gasteiger partial charge is 0.497 e. The molecule has 0 saturated heterocycles. The molecule has 0 fully saturated rings. The summed E-state index contributed by atoms with van der Waals surface area (Å²) >= 11 is 0. The van der Waals surface area contributed by atoms with Crippen molar-refractivity contribution in [1.29, 1.82) is 0 Å². The van der Waals surface area contributed by atoms with Gasteiger partial charge in [0.05, 0.1) is 14.2 Å². The molecule has 0 saturated carbocycles. The van der Waals surface area contributed by atoms with Crippen LogP contribution in [0.1, 0.15) is 139 Å². The van der Waals surface area contributed by atoms with E-state index in [4.69, 9.17) is 36.0 Å². The van der Waals surface area contributed by atoms with Crippen LogP contribution in [-0.2, 0) is 21.7 Å². The summed E-state index contributed by atoms with van der Waals surface area (Å²) in [4.78, 5) is 0. The zero-order chi connectivity index (χ0) is 51.4. The zero-order valence-electron chi connectivity index (χ0n) is 45.2. The van der Waals surface area contributed by atoms with E-state index < -0.39 is 27.7 Å². The molecule has 7 aromatic rings. The Labute approximate surface area is 419 Å². The van der Waals surface area contributed by atoms with Crippen molar-refractivity contribution in [2.75, 3.05) is 14.2 Å². The molecule has 7 rings (SSSR count). The van der Waals surface area contributed by atoms with Gasteiger partial charge in [-0.25, -0.2) is 0 Å². The van der Waals surface area contributed by atoms with Gasteiger partial charge in [0, 0.05) is 44.2 Å². The van der Waals surface area contributed by atoms with E-state index in [1.165, 1.54) is 0 Å². The van der Waals surface area contributed by atoms with Crippen LogP contribution in [0.5, 0.6) is 34.5 Å². The first kappa shape index (κ1) is 52.3. The van der Waals surface area contributed by atoms with E-state index >= 15 is 0 Å². The van der Waals surface area contributed by atoms with Crippen LogP contribution in [0.25, 0.3) is 33.1 Å². The Morgan fingerprint density at radius 3 is 1.17 bits per heavy atom. The summed E-state index contributed by atoms with van der Waals surface area (Å²) in [6, 6.07) is 29.2. The van der Waals surface area contributed by atoms with Gasteiger partial charge in [0.2, 0.25) is 0 Å². The van der Waals surface area contributed by atoms with Gasteiger partial charge >= 0.3 is 16.8 Å². The molecule has 0 amide bonds. The van der Waals surface area contributed by atoms with Crippen molar-refractivity contribution in [1.82, 2.24) is 0 Å². The normalized spacial score (nSPS) is 12.4. The second-order valence-corrected chi connectivity index (χ2v) is 25.0. The van der Waals surface area contributed by atoms with Crippen LogP contribution >= 0.6 is 16.8 Å². The quantitative estimate of drug-likeness (QED) is 0.119. The van der Waals surface area contributed by atoms with Crippen molar-refractivity contribution in [3.8, 4) is 45.6 Å². The van der Waals surface area contributed by atoms with E-state index in [2.05, 4.69) is 147 Å². The first-order valence-corrected chi connectivity index (χ1v) is 26.3. The van der Waals surface area contributed by atoms with Gasteiger partial charge in [-0.15, -0.1) is 0 Å². The standard InChI is InChI=1S/C60H74O8P2/c1-35-21-23-51(39(5)25-35)63-69(64-52-24-22-36(2)26-40(52)6)65-55-45(31-41(61-19)33-49(55)59(13,14)15)46-32-42(62-20)34-50(60(16,17)18)56(46)68-70-66-53-43(27-37(3)29-47(53)57(7,8)9)44-28-38(4)30-48(54(44)67-70)58(10,11)12/h21-34H,1-20H3. The van der Waals surface area contributed by atoms with E-state index in [1.807, 2.05) is 62.4 Å². The number of benzene rings is 6. The molecule has 6 aromatic carbocycles. The number of methoxy groups -OCH3 is 2. The van der Waals surface area contributed by atoms with Gasteiger partial charge in [-0.2, -0.15) is 0 Å². The molecule has 70 heavy (non-hydrogen) atoms. The molecule has 0 aliphatic heterocycles. The van der Waals surface area contributed by atoms with Crippen LogP contribution < -0.4 is 27.6 Å². The van der Waals surface area contributed by atoms with Crippen molar-refractivity contribution >= 4 is 38.8 Å². The van der Waals surface area contributed by atoms with Gasteiger partial charge in [0.1, 0.15) is 45.7 Å². The summed E-state index contributed by atoms with van der Waals surface area (Å²) < 4.78 is 55.4. The average molecular weight is 985 g/mol. The number of aryl methyl sites for hydroxylation is 6. The second-order valence-electron chi connectivity index (χ2n) is 23.0. The molecule has 0 spiro atoms. The summed E-state index contributed by atoms with van der Waals surface area (Å²) in [6.07, 6.45) is 0. The minimum Gasteiger partial charge on any atom is -0.497 e. The molecule has 0 aliphatic rings. The fraction of sp³-hybridized carbons (Fsp3) is 0.400. The van der Waals surface area contributed by atoms with Crippen molar-refractivity contribution in [2.45, 2.75) is 146 Å². The lowest BCUT2D eigenvalue weighted by Crippen LogP contribution is -2.16. The van der Waals surface area contributed by atoms with Gasteiger partial charge in [-0.05, 0) is 134 Å². The Kier molecular flexibility index (Phi) is 14.6. The van der Waals surface area contributed by atoms with E-state index in [0.29, 0.717) is 45.6 Å². The van der Waals surface area contributed by atoms with Crippen LogP contribution in [0, 0.1) is 41.5 Å². The molecule has 1 heterocycles. The average Bonchev–Trinajstić information content (AvgIpc) is 3.39. The van der Waals surface area contributed by atoms with Gasteiger partial charge in [-0.3, -0.25) is 0 Å². The summed E-state index contributed by atoms with van der Waals surface area (Å²) in [5.41, 5.74) is 11.8. The Balaban J connectivity index is 1.59. The Bertz CT molecular complexity index is 3000. The van der Waals surface area contributed by atoms with Gasteiger partial charge in [0.15, 0.2) is 0 Å². The molecule has 0 bridgehead atoms. The Hall–Kier alpha value is -5.55. The SMILES string of the molecule is COc1cc(-c2cc(OC)cc(C(C)(C)C)c2Op2oc3c(C(C)(C)C)cc(C)cc3c3cc(C)cc(C(C)(C)C)c3o2)c(OP(Oc2ccc(C)cc2C)Oc2ccc(C)cc2C)c(C(C)(C)C)c1. The highest BCUT2D eigenvalue weighted by molar-refractivity contribution is 7.43. The molecule has 372 valence electrons. The Morgan fingerprint density at radius 2 is 0.800 bits per heavy atom. The third kappa shape index (κ3) is 11.3. The minimum absolute atomic E-state index is 0.271. The summed E-state index contributed by atoms with van der Waals surface area (Å²) in [6.45, 7) is 38.8. The lowest BCUT2D eigenvalue weighted by atomic mass is 9.81. The monoisotopic (exact) mass is 984 g/mol. The van der Waals surface area contributed by atoms with Crippen molar-refractivity contribution < 1.29 is 36.0 Å². The zero-order valence-corrected chi connectivity index (χ0v) is 47.0. The molecule has 0 atom stereocenters. The van der Waals surface area contributed by atoms with E-state index in [9.17, 15) is 0 Å². The minimum atomic E-state index is -2.18. The van der Waals surface area contributed by atoms with Gasteiger partial charge < -0.3 is 36.0 Å². The fourth-order valence-corrected chi connectivity index (χ4v) is 11.1. The highest BCUT2D eigenvalue weighted by Gasteiger charge is 2.34. The number of rotatable bonds is 11. The molecule has 0 radical (unpaired) electrons. The predicted octanol–water partition coefficient (Wildman–Crippen LogP) is 18.6. The Morgan fingerprint density at radius 1 is 0.414 bits per heavy atom. The maximum atomic E-state index is 7.50. The summed E-state index contributed by atoms with van der Waals surface area (Å²) in [7, 11) is -0.961. The van der Waals surface area contributed by atoms with E-state index in [1.54, 1.807) is 14.2 Å². The molecule has 0 unspecified atom stereocenters. The highest BCUT2D eigenvalue weighted by atomic mass is 31.2. The second kappa shape index (κ2) is 19.6. The first-order valence-electron chi connectivity index (χ1n) is 24.1. The van der Waals surface area contributed by atoms with Crippen LogP contribution in [0.3, 0.4) is 0 Å². The number of ether oxygens (including phenoxy) is 2. The van der Waals surface area contributed by atoms with Gasteiger partial charge in [-0.1, -0.05) is 131 Å². The highest BCUT2D eigenvalue weighted by Crippen LogP contribution is 2.56. The van der Waals surface area contributed by atoms with Crippen LogP contribution in [0.15, 0.2) is 93.3 Å². The lowest BCUT2D eigenvalue weighted by molar-refractivity contribution is 0.378. The molecule has 1 aromatic heterocycles. The topological polar surface area (TPSA) is 81.7 Å². The fourth-order valence-electron chi connectivity index (χ4n) is 8.78. The molecule has 10 heteroatoms. The van der Waals surface area contributed by atoms with Crippen molar-refractivity contribution in [3.05, 3.63) is 141 Å². The largest absolute Gasteiger partial charge is 0.530 e. The first-order chi connectivity index (χ1) is 32.5. The summed E-state index contributed by atoms with van der Waals surface area (Å²) in [5.74, 6) is 3.71. The number of hydrogen-bond acceptors (Lipinski definition) is 8. The predicted molar refractivity (Wildman–Crippen MR) is 292 cm³/mol. The van der Waals surface area contributed by atoms with Crippen LogP contribution in [0.2, 0.25) is 0 Å². The van der Waals surface area contributed by atoms with Crippen LogP contribution in [0.4, 0.5) is 0 Å². The third-order valence-corrected chi connectivity index (χ3v) is 14.6. The molecular weight excluding hydrogens is 911 g/mol. The van der Waals surface area contributed by atoms with E-state index in [0.717, 1.165) is 77.6 Å².